The molecule has 98 valence electrons. The number of rotatable bonds is 7. The standard InChI is InChI=1S/C13H26N4/c1-6-17(7-2)9-11(3)15-12(4)13-8-14-16(5)10-13/h8,10-12,15H,6-7,9H2,1-5H3. The molecule has 0 aliphatic rings. The number of nitrogens with one attached hydrogen (secondary N) is 1. The Morgan fingerprint density at radius 1 is 1.35 bits per heavy atom. The average molecular weight is 238 g/mol. The molecule has 1 N–H and O–H groups in total. The third-order valence-corrected chi connectivity index (χ3v) is 3.19. The van der Waals surface area contributed by atoms with Crippen LogP contribution in [0.1, 0.15) is 39.3 Å². The zero-order chi connectivity index (χ0) is 12.8. The van der Waals surface area contributed by atoms with Crippen LogP contribution >= 0.6 is 0 Å². The first kappa shape index (κ1) is 14.2. The van der Waals surface area contributed by atoms with Crippen molar-refractivity contribution in [1.29, 1.82) is 0 Å². The van der Waals surface area contributed by atoms with Crippen LogP contribution in [0, 0.1) is 0 Å². The second-order valence-corrected chi connectivity index (χ2v) is 4.72. The molecule has 0 aromatic carbocycles. The molecule has 0 radical (unpaired) electrons. The van der Waals surface area contributed by atoms with E-state index in [-0.39, 0.29) is 0 Å². The molecule has 1 aromatic heterocycles. The Morgan fingerprint density at radius 3 is 2.47 bits per heavy atom. The summed E-state index contributed by atoms with van der Waals surface area (Å²) in [5.41, 5.74) is 1.25. The van der Waals surface area contributed by atoms with Crippen LogP contribution in [-0.4, -0.2) is 40.4 Å². The van der Waals surface area contributed by atoms with Gasteiger partial charge in [0.2, 0.25) is 0 Å². The summed E-state index contributed by atoms with van der Waals surface area (Å²) in [6, 6.07) is 0.847. The lowest BCUT2D eigenvalue weighted by atomic mass is 10.1. The maximum Gasteiger partial charge on any atom is 0.0537 e. The molecule has 4 heteroatoms. The van der Waals surface area contributed by atoms with Gasteiger partial charge in [-0.05, 0) is 26.9 Å². The summed E-state index contributed by atoms with van der Waals surface area (Å²) in [6.07, 6.45) is 4.00. The highest BCUT2D eigenvalue weighted by Crippen LogP contribution is 2.11. The molecule has 0 bridgehead atoms. The molecule has 17 heavy (non-hydrogen) atoms. The third kappa shape index (κ3) is 4.48. The number of hydrogen-bond donors (Lipinski definition) is 1. The molecule has 0 aliphatic heterocycles. The van der Waals surface area contributed by atoms with Crippen molar-refractivity contribution in [2.45, 2.75) is 39.8 Å². The summed E-state index contributed by atoms with van der Waals surface area (Å²) in [5.74, 6) is 0. The largest absolute Gasteiger partial charge is 0.306 e. The topological polar surface area (TPSA) is 33.1 Å². The summed E-state index contributed by atoms with van der Waals surface area (Å²) < 4.78 is 1.85. The van der Waals surface area contributed by atoms with Gasteiger partial charge in [0.1, 0.15) is 0 Å². The van der Waals surface area contributed by atoms with Crippen molar-refractivity contribution >= 4 is 0 Å². The van der Waals surface area contributed by atoms with Gasteiger partial charge in [-0.2, -0.15) is 5.10 Å². The van der Waals surface area contributed by atoms with Crippen molar-refractivity contribution in [3.63, 3.8) is 0 Å². The molecular weight excluding hydrogens is 212 g/mol. The Balaban J connectivity index is 2.42. The van der Waals surface area contributed by atoms with E-state index in [0.717, 1.165) is 19.6 Å². The summed E-state index contributed by atoms with van der Waals surface area (Å²) in [4.78, 5) is 2.44. The second kappa shape index (κ2) is 6.77. The quantitative estimate of drug-likeness (QED) is 0.786. The first-order valence-electron chi connectivity index (χ1n) is 6.53. The van der Waals surface area contributed by atoms with E-state index in [4.69, 9.17) is 0 Å². The zero-order valence-electron chi connectivity index (χ0n) is 11.8. The first-order valence-corrected chi connectivity index (χ1v) is 6.53. The minimum Gasteiger partial charge on any atom is -0.306 e. The van der Waals surface area contributed by atoms with Crippen LogP contribution in [0.4, 0.5) is 0 Å². The summed E-state index contributed by atoms with van der Waals surface area (Å²) in [5, 5.41) is 7.82. The van der Waals surface area contributed by atoms with Gasteiger partial charge in [0.05, 0.1) is 6.20 Å². The Kier molecular flexibility index (Phi) is 5.65. The fourth-order valence-electron chi connectivity index (χ4n) is 2.11. The van der Waals surface area contributed by atoms with Gasteiger partial charge >= 0.3 is 0 Å². The molecule has 0 amide bonds. The Labute approximate surface area is 105 Å². The van der Waals surface area contributed by atoms with E-state index in [0.29, 0.717) is 12.1 Å². The predicted molar refractivity (Wildman–Crippen MR) is 72.0 cm³/mol. The van der Waals surface area contributed by atoms with Crippen LogP contribution < -0.4 is 5.32 Å². The van der Waals surface area contributed by atoms with Crippen molar-refractivity contribution in [3.05, 3.63) is 18.0 Å². The van der Waals surface area contributed by atoms with Crippen LogP contribution in [0.25, 0.3) is 0 Å². The fourth-order valence-corrected chi connectivity index (χ4v) is 2.11. The van der Waals surface area contributed by atoms with Gasteiger partial charge in [-0.15, -0.1) is 0 Å². The molecule has 4 nitrogen and oxygen atoms in total. The van der Waals surface area contributed by atoms with Crippen molar-refractivity contribution < 1.29 is 0 Å². The number of hydrogen-bond acceptors (Lipinski definition) is 3. The van der Waals surface area contributed by atoms with Crippen molar-refractivity contribution in [1.82, 2.24) is 20.0 Å². The molecule has 2 unspecified atom stereocenters. The van der Waals surface area contributed by atoms with Gasteiger partial charge in [-0.1, -0.05) is 13.8 Å². The highest BCUT2D eigenvalue weighted by molar-refractivity contribution is 5.09. The predicted octanol–water partition coefficient (Wildman–Crippen LogP) is 1.80. The van der Waals surface area contributed by atoms with Crippen molar-refractivity contribution in [2.75, 3.05) is 19.6 Å². The molecule has 0 spiro atoms. The summed E-state index contributed by atoms with van der Waals surface area (Å²) in [7, 11) is 1.95. The van der Waals surface area contributed by atoms with E-state index < -0.39 is 0 Å². The van der Waals surface area contributed by atoms with E-state index in [9.17, 15) is 0 Å². The highest BCUT2D eigenvalue weighted by atomic mass is 15.2. The minimum atomic E-state index is 0.356. The van der Waals surface area contributed by atoms with Gasteiger partial charge in [0.25, 0.3) is 0 Å². The molecule has 0 aliphatic carbocycles. The molecule has 0 saturated heterocycles. The zero-order valence-corrected chi connectivity index (χ0v) is 11.8. The highest BCUT2D eigenvalue weighted by Gasteiger charge is 2.12. The van der Waals surface area contributed by atoms with E-state index in [1.54, 1.807) is 0 Å². The smallest absolute Gasteiger partial charge is 0.0537 e. The van der Waals surface area contributed by atoms with Gasteiger partial charge in [-0.25, -0.2) is 0 Å². The lowest BCUT2D eigenvalue weighted by Crippen LogP contribution is -2.40. The molecule has 1 rings (SSSR count). The van der Waals surface area contributed by atoms with Crippen LogP contribution in [0.5, 0.6) is 0 Å². The lowest BCUT2D eigenvalue weighted by Gasteiger charge is -2.25. The molecule has 1 aromatic rings. The van der Waals surface area contributed by atoms with Crippen LogP contribution in [0.15, 0.2) is 12.4 Å². The van der Waals surface area contributed by atoms with E-state index >= 15 is 0 Å². The monoisotopic (exact) mass is 238 g/mol. The Morgan fingerprint density at radius 2 is 2.00 bits per heavy atom. The molecule has 0 saturated carbocycles. The van der Waals surface area contributed by atoms with Crippen LogP contribution in [-0.2, 0) is 7.05 Å². The van der Waals surface area contributed by atoms with E-state index in [2.05, 4.69) is 49.2 Å². The second-order valence-electron chi connectivity index (χ2n) is 4.72. The maximum absolute atomic E-state index is 4.20. The van der Waals surface area contributed by atoms with Crippen molar-refractivity contribution in [3.8, 4) is 0 Å². The fraction of sp³-hybridized carbons (Fsp3) is 0.769. The molecule has 2 atom stereocenters. The van der Waals surface area contributed by atoms with Gasteiger partial charge in [0, 0.05) is 37.4 Å². The Bertz CT molecular complexity index is 317. The first-order chi connectivity index (χ1) is 8.06. The SMILES string of the molecule is CCN(CC)CC(C)NC(C)c1cnn(C)c1. The van der Waals surface area contributed by atoms with Crippen LogP contribution in [0.3, 0.4) is 0 Å². The summed E-state index contributed by atoms with van der Waals surface area (Å²) >= 11 is 0. The Hall–Kier alpha value is -0.870. The summed E-state index contributed by atoms with van der Waals surface area (Å²) in [6.45, 7) is 12.2. The number of aryl methyl sites for hydroxylation is 1. The average Bonchev–Trinajstić information content (AvgIpc) is 2.72. The normalized spacial score (nSPS) is 15.2. The molecule has 1 heterocycles. The maximum atomic E-state index is 4.20. The van der Waals surface area contributed by atoms with E-state index in [1.165, 1.54) is 5.56 Å². The van der Waals surface area contributed by atoms with Gasteiger partial charge < -0.3 is 10.2 Å². The van der Waals surface area contributed by atoms with Gasteiger partial charge in [0.15, 0.2) is 0 Å². The number of nitrogens with zero attached hydrogens (tertiary/aromatic N) is 3. The molecule has 0 fully saturated rings. The minimum absolute atomic E-state index is 0.356. The third-order valence-electron chi connectivity index (χ3n) is 3.19. The van der Waals surface area contributed by atoms with Gasteiger partial charge in [-0.3, -0.25) is 4.68 Å². The van der Waals surface area contributed by atoms with Crippen molar-refractivity contribution in [2.24, 2.45) is 7.05 Å². The van der Waals surface area contributed by atoms with E-state index in [1.807, 2.05) is 17.9 Å². The number of likely N-dealkylation sites (N-methyl/N-ethyl adjacent to an activating group) is 1. The number of aromatic nitrogens is 2. The lowest BCUT2D eigenvalue weighted by molar-refractivity contribution is 0.264. The molecular formula is C13H26N4. The van der Waals surface area contributed by atoms with Crippen LogP contribution in [0.2, 0.25) is 0 Å².